The van der Waals surface area contributed by atoms with Crippen LogP contribution in [0.2, 0.25) is 0 Å². The van der Waals surface area contributed by atoms with Crippen LogP contribution in [0.25, 0.3) is 0 Å². The Balaban J connectivity index is 1.35. The molecule has 2 aromatic heterocycles. The lowest BCUT2D eigenvalue weighted by Crippen LogP contribution is -2.53. The molecule has 0 radical (unpaired) electrons. The number of rotatable bonds is 5. The lowest BCUT2D eigenvalue weighted by molar-refractivity contribution is -0.134. The van der Waals surface area contributed by atoms with E-state index in [0.29, 0.717) is 16.7 Å². The monoisotopic (exact) mass is 468 g/mol. The Kier molecular flexibility index (Phi) is 5.77. The van der Waals surface area contributed by atoms with E-state index in [1.54, 1.807) is 24.5 Å². The van der Waals surface area contributed by atoms with Crippen LogP contribution in [-0.2, 0) is 11.2 Å². The molecule has 2 aromatic rings. The van der Waals surface area contributed by atoms with Crippen LogP contribution in [0, 0.1) is 23.2 Å². The number of nitrogens with one attached hydrogen (secondary N) is 2. The van der Waals surface area contributed by atoms with Crippen molar-refractivity contribution in [3.63, 3.8) is 0 Å². The molecule has 8 heteroatoms. The van der Waals surface area contributed by atoms with Gasteiger partial charge in [-0.1, -0.05) is 20.8 Å². The van der Waals surface area contributed by atoms with Gasteiger partial charge in [-0.05, 0) is 61.5 Å². The third kappa shape index (κ3) is 4.19. The molecular formula is C25H32N4O3S. The molecule has 3 N–H and O–H groups in total. The highest BCUT2D eigenvalue weighted by Crippen LogP contribution is 2.57. The largest absolute Gasteiger partial charge is 0.392 e. The van der Waals surface area contributed by atoms with Crippen molar-refractivity contribution in [2.75, 3.05) is 5.32 Å². The fourth-order valence-electron chi connectivity index (χ4n) is 6.03. The van der Waals surface area contributed by atoms with Crippen LogP contribution in [0.5, 0.6) is 0 Å². The number of thiazole rings is 1. The van der Waals surface area contributed by atoms with E-state index < -0.39 is 6.10 Å². The third-order valence-electron chi connectivity index (χ3n) is 8.06. The zero-order valence-corrected chi connectivity index (χ0v) is 20.2. The van der Waals surface area contributed by atoms with Crippen LogP contribution in [0.15, 0.2) is 24.5 Å². The molecule has 6 atom stereocenters. The van der Waals surface area contributed by atoms with Crippen LogP contribution in [0.1, 0.15) is 73.3 Å². The summed E-state index contributed by atoms with van der Waals surface area (Å²) in [6.07, 6.45) is 7.43. The van der Waals surface area contributed by atoms with Crippen LogP contribution in [0.3, 0.4) is 0 Å². The summed E-state index contributed by atoms with van der Waals surface area (Å²) >= 11 is 1.54. The molecule has 7 nitrogen and oxygen atoms in total. The van der Waals surface area contributed by atoms with E-state index in [2.05, 4.69) is 29.5 Å². The van der Waals surface area contributed by atoms with Crippen molar-refractivity contribution >= 4 is 28.3 Å². The van der Waals surface area contributed by atoms with Gasteiger partial charge in [0.25, 0.3) is 5.91 Å². The van der Waals surface area contributed by atoms with Gasteiger partial charge in [-0.2, -0.15) is 0 Å². The summed E-state index contributed by atoms with van der Waals surface area (Å²) in [5.74, 6) is -0.289. The highest BCUT2D eigenvalue weighted by molar-refractivity contribution is 7.15. The number of anilines is 1. The smallest absolute Gasteiger partial charge is 0.257 e. The van der Waals surface area contributed by atoms with Gasteiger partial charge in [0.05, 0.1) is 11.8 Å². The molecule has 3 aliphatic rings. The second kappa shape index (κ2) is 8.47. The van der Waals surface area contributed by atoms with Gasteiger partial charge in [-0.25, -0.2) is 4.98 Å². The van der Waals surface area contributed by atoms with Crippen LogP contribution >= 0.6 is 11.3 Å². The van der Waals surface area contributed by atoms with Gasteiger partial charge >= 0.3 is 0 Å². The van der Waals surface area contributed by atoms with Gasteiger partial charge in [0.2, 0.25) is 5.91 Å². The number of carbonyl (C=O) groups is 2. The van der Waals surface area contributed by atoms with E-state index in [9.17, 15) is 14.7 Å². The van der Waals surface area contributed by atoms with Crippen molar-refractivity contribution in [1.29, 1.82) is 0 Å². The molecule has 33 heavy (non-hydrogen) atoms. The maximum Gasteiger partial charge on any atom is 0.257 e. The Labute approximate surface area is 198 Å². The molecule has 176 valence electrons. The van der Waals surface area contributed by atoms with E-state index in [1.165, 1.54) is 16.2 Å². The number of carbonyl (C=O) groups excluding carboxylic acids is 2. The number of aromatic nitrogens is 2. The average Bonchev–Trinajstić information content (AvgIpc) is 3.51. The Morgan fingerprint density at radius 1 is 1.24 bits per heavy atom. The number of aliphatic hydroxyl groups is 1. The first-order chi connectivity index (χ1) is 15.8. The fourth-order valence-corrected chi connectivity index (χ4v) is 7.29. The first-order valence-corrected chi connectivity index (χ1v) is 12.8. The van der Waals surface area contributed by atoms with Gasteiger partial charge in [-0.3, -0.25) is 19.9 Å². The molecule has 0 saturated heterocycles. The minimum Gasteiger partial charge on any atom is -0.392 e. The molecular weight excluding hydrogens is 436 g/mol. The molecule has 2 heterocycles. The molecule has 2 saturated carbocycles. The van der Waals surface area contributed by atoms with Gasteiger partial charge in [0, 0.05) is 40.7 Å². The molecule has 2 amide bonds. The summed E-state index contributed by atoms with van der Waals surface area (Å²) in [6, 6.07) is 3.69. The summed E-state index contributed by atoms with van der Waals surface area (Å²) in [5.41, 5.74) is 1.47. The lowest BCUT2D eigenvalue weighted by Gasteiger charge is -2.53. The number of hydrogen-bond acceptors (Lipinski definition) is 6. The minimum absolute atomic E-state index is 0.0331. The maximum atomic E-state index is 12.7. The summed E-state index contributed by atoms with van der Waals surface area (Å²) in [4.78, 5) is 35.2. The highest BCUT2D eigenvalue weighted by Gasteiger charge is 2.54. The Morgan fingerprint density at radius 3 is 2.67 bits per heavy atom. The SMILES string of the molecule is CC(C(=O)NC1CC1)C1CCC2(C)Cc3sc(NC(=O)c4ccncc4)nc3C(C)C2C1O. The molecule has 0 bridgehead atoms. The quantitative estimate of drug-likeness (QED) is 0.620. The van der Waals surface area contributed by atoms with Crippen molar-refractivity contribution in [2.24, 2.45) is 23.2 Å². The van der Waals surface area contributed by atoms with Crippen molar-refractivity contribution in [1.82, 2.24) is 15.3 Å². The Bertz CT molecular complexity index is 1050. The average molecular weight is 469 g/mol. The Hall–Kier alpha value is -2.32. The van der Waals surface area contributed by atoms with E-state index in [-0.39, 0.29) is 40.9 Å². The predicted molar refractivity (Wildman–Crippen MR) is 127 cm³/mol. The number of nitrogens with zero attached hydrogens (tertiary/aromatic N) is 2. The third-order valence-corrected chi connectivity index (χ3v) is 9.05. The van der Waals surface area contributed by atoms with Gasteiger partial charge in [0.1, 0.15) is 0 Å². The maximum absolute atomic E-state index is 12.7. The zero-order chi connectivity index (χ0) is 23.3. The van der Waals surface area contributed by atoms with Gasteiger partial charge in [0.15, 0.2) is 5.13 Å². The van der Waals surface area contributed by atoms with E-state index in [1.807, 2.05) is 6.92 Å². The molecule has 0 aliphatic heterocycles. The van der Waals surface area contributed by atoms with Crippen LogP contribution in [0.4, 0.5) is 5.13 Å². The van der Waals surface area contributed by atoms with E-state index >= 15 is 0 Å². The number of pyridine rings is 1. The van der Waals surface area contributed by atoms with Crippen LogP contribution in [-0.4, -0.2) is 39.0 Å². The van der Waals surface area contributed by atoms with E-state index in [4.69, 9.17) is 4.98 Å². The number of fused-ring (bicyclic) bond motifs is 2. The first kappa shape index (κ1) is 22.5. The first-order valence-electron chi connectivity index (χ1n) is 12.0. The van der Waals surface area contributed by atoms with Crippen molar-refractivity contribution < 1.29 is 14.7 Å². The predicted octanol–water partition coefficient (Wildman–Crippen LogP) is 3.76. The molecule has 0 spiro atoms. The van der Waals surface area contributed by atoms with E-state index in [0.717, 1.165) is 37.8 Å². The number of amides is 2. The molecule has 2 fully saturated rings. The standard InChI is InChI=1S/C25H32N4O3S/c1-13(22(31)27-16-4-5-16)17-6-9-25(3)12-18-20(14(2)19(25)21(17)30)28-24(33-18)29-23(32)15-7-10-26-11-8-15/h7-8,10-11,13-14,16-17,19,21,30H,4-6,9,12H2,1-3H3,(H,27,31)(H,28,29,32). The number of hydrogen-bond donors (Lipinski definition) is 3. The van der Waals surface area contributed by atoms with Gasteiger partial charge < -0.3 is 10.4 Å². The highest BCUT2D eigenvalue weighted by atomic mass is 32.1. The van der Waals surface area contributed by atoms with Crippen LogP contribution < -0.4 is 10.6 Å². The second-order valence-electron chi connectivity index (χ2n) is 10.4. The molecule has 0 aromatic carbocycles. The molecule has 5 rings (SSSR count). The number of aliphatic hydroxyl groups excluding tert-OH is 1. The second-order valence-corrected chi connectivity index (χ2v) is 11.5. The van der Waals surface area contributed by atoms with Gasteiger partial charge in [-0.15, -0.1) is 11.3 Å². The van der Waals surface area contributed by atoms with Crippen molar-refractivity contribution in [3.05, 3.63) is 40.7 Å². The Morgan fingerprint density at radius 2 is 1.97 bits per heavy atom. The van der Waals surface area contributed by atoms with Crippen molar-refractivity contribution in [3.8, 4) is 0 Å². The summed E-state index contributed by atoms with van der Waals surface area (Å²) < 4.78 is 0. The minimum atomic E-state index is -0.552. The normalized spacial score (nSPS) is 31.8. The molecule has 3 aliphatic carbocycles. The summed E-state index contributed by atoms with van der Waals surface area (Å²) in [7, 11) is 0. The fraction of sp³-hybridized carbons (Fsp3) is 0.600. The van der Waals surface area contributed by atoms with Crippen molar-refractivity contribution in [2.45, 2.75) is 70.9 Å². The summed E-state index contributed by atoms with van der Waals surface area (Å²) in [5, 5.41) is 18.2. The summed E-state index contributed by atoms with van der Waals surface area (Å²) in [6.45, 7) is 6.36. The topological polar surface area (TPSA) is 104 Å². The zero-order valence-electron chi connectivity index (χ0n) is 19.4. The lowest BCUT2D eigenvalue weighted by atomic mass is 9.53. The molecule has 6 unspecified atom stereocenters.